The molecule has 0 aromatic carbocycles. The normalized spacial score (nSPS) is 11.7. The van der Waals surface area contributed by atoms with E-state index in [1.165, 1.54) is 12.5 Å². The van der Waals surface area contributed by atoms with E-state index in [0.29, 0.717) is 11.4 Å². The van der Waals surface area contributed by atoms with Gasteiger partial charge in [0.05, 0.1) is 29.6 Å². The third-order valence-corrected chi connectivity index (χ3v) is 3.78. The molecule has 0 radical (unpaired) electrons. The van der Waals surface area contributed by atoms with Crippen LogP contribution in [0.25, 0.3) is 0 Å². The number of imidazole rings is 1. The molecular formula is C9H13N5O2S. The van der Waals surface area contributed by atoms with E-state index in [2.05, 4.69) is 19.8 Å². The molecule has 0 amide bonds. The van der Waals surface area contributed by atoms with Crippen LogP contribution < -0.4 is 4.72 Å². The fourth-order valence-electron chi connectivity index (χ4n) is 1.50. The number of nitrogens with zero attached hydrogens (tertiary/aromatic N) is 3. The van der Waals surface area contributed by atoms with Gasteiger partial charge in [0, 0.05) is 7.05 Å². The van der Waals surface area contributed by atoms with Gasteiger partial charge in [-0.25, -0.2) is 4.98 Å². The molecule has 92 valence electrons. The van der Waals surface area contributed by atoms with Crippen LogP contribution in [0.3, 0.4) is 0 Å². The first-order valence-electron chi connectivity index (χ1n) is 4.93. The van der Waals surface area contributed by atoms with Gasteiger partial charge in [-0.2, -0.15) is 13.5 Å². The minimum atomic E-state index is -3.62. The number of aryl methyl sites for hydroxylation is 2. The van der Waals surface area contributed by atoms with E-state index >= 15 is 0 Å². The number of rotatable bonds is 3. The van der Waals surface area contributed by atoms with E-state index in [9.17, 15) is 8.42 Å². The Balaban J connectivity index is 2.40. The number of aromatic nitrogens is 4. The van der Waals surface area contributed by atoms with Crippen molar-refractivity contribution in [1.82, 2.24) is 19.7 Å². The minimum Gasteiger partial charge on any atom is -0.334 e. The second-order valence-electron chi connectivity index (χ2n) is 3.69. The maximum absolute atomic E-state index is 12.0. The van der Waals surface area contributed by atoms with Gasteiger partial charge in [-0.3, -0.25) is 9.40 Å². The molecule has 17 heavy (non-hydrogen) atoms. The smallest absolute Gasteiger partial charge is 0.279 e. The number of hydrogen-bond acceptors (Lipinski definition) is 4. The Kier molecular flexibility index (Phi) is 2.66. The number of sulfonamides is 1. The highest BCUT2D eigenvalue weighted by Gasteiger charge is 2.19. The number of H-pyrrole nitrogens is 1. The van der Waals surface area contributed by atoms with Crippen LogP contribution in [0.15, 0.2) is 17.6 Å². The SMILES string of the molecule is Cc1nn(C)c(C)c1NS(=O)(=O)c1cnc[nH]1. The van der Waals surface area contributed by atoms with Gasteiger partial charge in [0.15, 0.2) is 5.03 Å². The highest BCUT2D eigenvalue weighted by molar-refractivity contribution is 7.92. The number of nitrogens with one attached hydrogen (secondary N) is 2. The molecule has 0 fully saturated rings. The molecule has 0 aliphatic carbocycles. The largest absolute Gasteiger partial charge is 0.334 e. The number of hydrogen-bond donors (Lipinski definition) is 2. The maximum Gasteiger partial charge on any atom is 0.279 e. The molecule has 7 nitrogen and oxygen atoms in total. The maximum atomic E-state index is 12.0. The lowest BCUT2D eigenvalue weighted by Crippen LogP contribution is -2.14. The summed E-state index contributed by atoms with van der Waals surface area (Å²) in [5.41, 5.74) is 1.89. The highest BCUT2D eigenvalue weighted by Crippen LogP contribution is 2.21. The Morgan fingerprint density at radius 1 is 1.41 bits per heavy atom. The third kappa shape index (κ3) is 2.03. The molecule has 0 aliphatic rings. The summed E-state index contributed by atoms with van der Waals surface area (Å²) >= 11 is 0. The molecule has 2 aromatic heterocycles. The zero-order valence-electron chi connectivity index (χ0n) is 9.72. The summed E-state index contributed by atoms with van der Waals surface area (Å²) in [5, 5.41) is 4.17. The lowest BCUT2D eigenvalue weighted by molar-refractivity contribution is 0.598. The second kappa shape index (κ2) is 3.88. The summed E-state index contributed by atoms with van der Waals surface area (Å²) in [6, 6.07) is 0. The Hall–Kier alpha value is -1.83. The molecule has 2 aromatic rings. The van der Waals surface area contributed by atoms with E-state index in [1.807, 2.05) is 0 Å². The molecule has 2 heterocycles. The standard InChI is InChI=1S/C9H13N5O2S/c1-6-9(7(2)14(3)12-6)13-17(15,16)8-4-10-5-11-8/h4-5,13H,1-3H3,(H,10,11). The minimum absolute atomic E-state index is 0.0279. The number of aromatic amines is 1. The lowest BCUT2D eigenvalue weighted by atomic mass is 10.3. The summed E-state index contributed by atoms with van der Waals surface area (Å²) in [7, 11) is -1.86. The van der Waals surface area contributed by atoms with Crippen LogP contribution in [0.1, 0.15) is 11.4 Å². The zero-order valence-corrected chi connectivity index (χ0v) is 10.5. The molecule has 0 spiro atoms. The molecule has 8 heteroatoms. The first-order chi connectivity index (χ1) is 7.92. The van der Waals surface area contributed by atoms with Crippen molar-refractivity contribution in [1.29, 1.82) is 0 Å². The molecule has 0 saturated heterocycles. The van der Waals surface area contributed by atoms with E-state index in [-0.39, 0.29) is 5.03 Å². The summed E-state index contributed by atoms with van der Waals surface area (Å²) < 4.78 is 28.0. The van der Waals surface area contributed by atoms with Crippen molar-refractivity contribution in [2.75, 3.05) is 4.72 Å². The van der Waals surface area contributed by atoms with Crippen molar-refractivity contribution >= 4 is 15.7 Å². The van der Waals surface area contributed by atoms with Gasteiger partial charge in [0.25, 0.3) is 10.0 Å². The van der Waals surface area contributed by atoms with Crippen molar-refractivity contribution in [2.24, 2.45) is 7.05 Å². The molecule has 0 aliphatic heterocycles. The monoisotopic (exact) mass is 255 g/mol. The first-order valence-corrected chi connectivity index (χ1v) is 6.41. The quantitative estimate of drug-likeness (QED) is 0.838. The van der Waals surface area contributed by atoms with Crippen LogP contribution in [0.4, 0.5) is 5.69 Å². The van der Waals surface area contributed by atoms with Crippen LogP contribution in [0, 0.1) is 13.8 Å². The molecular weight excluding hydrogens is 242 g/mol. The van der Waals surface area contributed by atoms with Crippen molar-refractivity contribution in [3.63, 3.8) is 0 Å². The van der Waals surface area contributed by atoms with E-state index in [4.69, 9.17) is 0 Å². The summed E-state index contributed by atoms with van der Waals surface area (Å²) in [4.78, 5) is 6.24. The van der Waals surface area contributed by atoms with E-state index < -0.39 is 10.0 Å². The molecule has 0 unspecified atom stereocenters. The van der Waals surface area contributed by atoms with Crippen molar-refractivity contribution < 1.29 is 8.42 Å². The lowest BCUT2D eigenvalue weighted by Gasteiger charge is -2.06. The summed E-state index contributed by atoms with van der Waals surface area (Å²) in [5.74, 6) is 0. The third-order valence-electron chi connectivity index (χ3n) is 2.51. The van der Waals surface area contributed by atoms with Crippen molar-refractivity contribution in [3.8, 4) is 0 Å². The van der Waals surface area contributed by atoms with Crippen molar-refractivity contribution in [3.05, 3.63) is 23.9 Å². The molecule has 2 N–H and O–H groups in total. The Labute approximate surface area is 98.9 Å². The Morgan fingerprint density at radius 3 is 2.59 bits per heavy atom. The van der Waals surface area contributed by atoms with Gasteiger partial charge in [-0.15, -0.1) is 0 Å². The van der Waals surface area contributed by atoms with Crippen LogP contribution >= 0.6 is 0 Å². The van der Waals surface area contributed by atoms with Crippen LogP contribution in [0.2, 0.25) is 0 Å². The average Bonchev–Trinajstić information content (AvgIpc) is 2.84. The predicted molar refractivity (Wildman–Crippen MR) is 62.1 cm³/mol. The number of anilines is 1. The van der Waals surface area contributed by atoms with E-state index in [1.54, 1.807) is 25.6 Å². The first kappa shape index (κ1) is 11.6. The summed E-state index contributed by atoms with van der Waals surface area (Å²) in [6.45, 7) is 3.54. The second-order valence-corrected chi connectivity index (χ2v) is 5.34. The molecule has 2 rings (SSSR count). The highest BCUT2D eigenvalue weighted by atomic mass is 32.2. The topological polar surface area (TPSA) is 92.7 Å². The van der Waals surface area contributed by atoms with Gasteiger partial charge >= 0.3 is 0 Å². The fourth-order valence-corrected chi connectivity index (χ4v) is 2.58. The van der Waals surface area contributed by atoms with Crippen molar-refractivity contribution in [2.45, 2.75) is 18.9 Å². The predicted octanol–water partition coefficient (Wildman–Crippen LogP) is 0.561. The van der Waals surface area contributed by atoms with Crippen LogP contribution in [-0.4, -0.2) is 28.2 Å². The Bertz CT molecular complexity index is 627. The summed E-state index contributed by atoms with van der Waals surface area (Å²) in [6.07, 6.45) is 2.57. The molecule has 0 saturated carbocycles. The van der Waals surface area contributed by atoms with Crippen LogP contribution in [0.5, 0.6) is 0 Å². The van der Waals surface area contributed by atoms with Gasteiger partial charge in [0.1, 0.15) is 0 Å². The fraction of sp³-hybridized carbons (Fsp3) is 0.333. The van der Waals surface area contributed by atoms with Gasteiger partial charge in [-0.05, 0) is 13.8 Å². The van der Waals surface area contributed by atoms with E-state index in [0.717, 1.165) is 5.69 Å². The van der Waals surface area contributed by atoms with Gasteiger partial charge < -0.3 is 4.98 Å². The van der Waals surface area contributed by atoms with Gasteiger partial charge in [-0.1, -0.05) is 0 Å². The Morgan fingerprint density at radius 2 is 2.12 bits per heavy atom. The van der Waals surface area contributed by atoms with Crippen LogP contribution in [-0.2, 0) is 17.1 Å². The average molecular weight is 255 g/mol. The zero-order chi connectivity index (χ0) is 12.6. The molecule has 0 atom stereocenters. The van der Waals surface area contributed by atoms with Gasteiger partial charge in [0.2, 0.25) is 0 Å². The molecule has 0 bridgehead atoms.